The van der Waals surface area contributed by atoms with Gasteiger partial charge in [-0.2, -0.15) is 0 Å². The van der Waals surface area contributed by atoms with Crippen molar-refractivity contribution in [2.45, 2.75) is 12.8 Å². The number of benzene rings is 2. The van der Waals surface area contributed by atoms with Crippen molar-refractivity contribution >= 4 is 41.0 Å². The molecule has 1 N–H and O–H groups in total. The van der Waals surface area contributed by atoms with E-state index in [4.69, 9.17) is 0 Å². The summed E-state index contributed by atoms with van der Waals surface area (Å²) in [5.74, 6) is -4.51. The zero-order valence-corrected chi connectivity index (χ0v) is 14.3. The van der Waals surface area contributed by atoms with Crippen LogP contribution in [-0.4, -0.2) is 29.7 Å². The smallest absolute Gasteiger partial charge is 0.255 e. The van der Waals surface area contributed by atoms with Crippen LogP contribution in [0.15, 0.2) is 42.5 Å². The van der Waals surface area contributed by atoms with Crippen LogP contribution in [0.5, 0.6) is 0 Å². The molecule has 1 aliphatic heterocycles. The summed E-state index contributed by atoms with van der Waals surface area (Å²) in [5, 5.41) is 24.4. The number of hydrogen-bond donors (Lipinski definition) is 1. The second-order valence-corrected chi connectivity index (χ2v) is 6.00. The number of anilines is 2. The fourth-order valence-electron chi connectivity index (χ4n) is 2.77. The number of carbonyl (C=O) groups excluding carboxylic acids is 5. The molecule has 0 spiro atoms. The second-order valence-electron chi connectivity index (χ2n) is 6.00. The number of amides is 3. The molecule has 3 amide bonds. The highest BCUT2D eigenvalue weighted by molar-refractivity contribution is 6.20. The van der Waals surface area contributed by atoms with Gasteiger partial charge in [-0.15, -0.1) is 0 Å². The molecule has 9 nitrogen and oxygen atoms in total. The molecule has 0 aliphatic carbocycles. The van der Waals surface area contributed by atoms with E-state index in [-0.39, 0.29) is 35.9 Å². The topological polar surface area (TPSA) is 147 Å². The number of rotatable bonds is 5. The summed E-state index contributed by atoms with van der Waals surface area (Å²) in [6, 6.07) is 8.59. The maximum absolute atomic E-state index is 12.4. The van der Waals surface area contributed by atoms with E-state index in [1.807, 2.05) is 0 Å². The van der Waals surface area contributed by atoms with Gasteiger partial charge in [0.1, 0.15) is 0 Å². The molecular formula is C19H12N2O7-2. The number of carbonyl (C=O) groups is 5. The minimum absolute atomic E-state index is 0.0696. The van der Waals surface area contributed by atoms with Crippen molar-refractivity contribution in [3.8, 4) is 0 Å². The highest BCUT2D eigenvalue weighted by Gasteiger charge is 2.30. The fraction of sp³-hybridized carbons (Fsp3) is 0.105. The maximum Gasteiger partial charge on any atom is 0.255 e. The summed E-state index contributed by atoms with van der Waals surface area (Å²) >= 11 is 0. The van der Waals surface area contributed by atoms with Crippen LogP contribution in [0.25, 0.3) is 0 Å². The first kappa shape index (κ1) is 18.8. The number of carboxylic acids is 2. The fourth-order valence-corrected chi connectivity index (χ4v) is 2.77. The van der Waals surface area contributed by atoms with Crippen molar-refractivity contribution < 1.29 is 34.2 Å². The molecule has 0 radical (unpaired) electrons. The zero-order valence-electron chi connectivity index (χ0n) is 14.3. The Hall–Kier alpha value is -4.01. The lowest BCUT2D eigenvalue weighted by Gasteiger charge is -2.15. The van der Waals surface area contributed by atoms with Gasteiger partial charge < -0.3 is 25.1 Å². The normalized spacial score (nSPS) is 13.5. The van der Waals surface area contributed by atoms with Gasteiger partial charge in [0.25, 0.3) is 5.91 Å². The first-order chi connectivity index (χ1) is 13.3. The Labute approximate surface area is 158 Å². The lowest BCUT2D eigenvalue weighted by Crippen LogP contribution is -2.28. The van der Waals surface area contributed by atoms with Gasteiger partial charge in [-0.1, -0.05) is 0 Å². The van der Waals surface area contributed by atoms with Gasteiger partial charge in [-0.05, 0) is 53.6 Å². The average molecular weight is 380 g/mol. The zero-order chi connectivity index (χ0) is 20.4. The lowest BCUT2D eigenvalue weighted by molar-refractivity contribution is -0.255. The average Bonchev–Trinajstić information content (AvgIpc) is 2.99. The van der Waals surface area contributed by atoms with Crippen LogP contribution in [0, 0.1) is 0 Å². The van der Waals surface area contributed by atoms with Crippen LogP contribution in [0.2, 0.25) is 0 Å². The summed E-state index contributed by atoms with van der Waals surface area (Å²) in [5.41, 5.74) is -0.448. The van der Waals surface area contributed by atoms with Crippen molar-refractivity contribution in [1.29, 1.82) is 0 Å². The van der Waals surface area contributed by atoms with Crippen molar-refractivity contribution in [2.75, 3.05) is 10.2 Å². The molecule has 1 heterocycles. The summed E-state index contributed by atoms with van der Waals surface area (Å²) in [6.45, 7) is 0. The van der Waals surface area contributed by atoms with E-state index in [0.717, 1.165) is 23.1 Å². The maximum atomic E-state index is 12.4. The van der Waals surface area contributed by atoms with Gasteiger partial charge >= 0.3 is 0 Å². The van der Waals surface area contributed by atoms with E-state index in [0.29, 0.717) is 5.69 Å². The third-order valence-electron chi connectivity index (χ3n) is 4.10. The molecule has 28 heavy (non-hydrogen) atoms. The standard InChI is InChI=1S/C19H14N2O7/c22-15-5-6-16(23)21(15)14-3-1-10(2-4-14)17(24)20-13-8-11(18(25)26)7-12(9-13)19(27)28/h1-4,7-9H,5-6H2,(H,20,24)(H,25,26)(H,27,28)/p-2. The molecule has 1 aliphatic rings. The minimum Gasteiger partial charge on any atom is -0.545 e. The number of nitrogens with zero attached hydrogens (tertiary/aromatic N) is 1. The van der Waals surface area contributed by atoms with Gasteiger partial charge in [-0.3, -0.25) is 19.3 Å². The number of aromatic carboxylic acids is 2. The van der Waals surface area contributed by atoms with Gasteiger partial charge in [0, 0.05) is 24.1 Å². The predicted molar refractivity (Wildman–Crippen MR) is 91.2 cm³/mol. The van der Waals surface area contributed by atoms with Crippen LogP contribution in [0.3, 0.4) is 0 Å². The Kier molecular flexibility index (Phi) is 4.90. The number of nitrogens with one attached hydrogen (secondary N) is 1. The molecular weight excluding hydrogens is 368 g/mol. The minimum atomic E-state index is -1.61. The molecule has 9 heteroatoms. The SMILES string of the molecule is O=C([O-])c1cc(NC(=O)c2ccc(N3C(=O)CCC3=O)cc2)cc(C(=O)[O-])c1. The van der Waals surface area contributed by atoms with E-state index in [9.17, 15) is 34.2 Å². The van der Waals surface area contributed by atoms with E-state index in [1.165, 1.54) is 24.3 Å². The van der Waals surface area contributed by atoms with Gasteiger partial charge in [0.2, 0.25) is 11.8 Å². The van der Waals surface area contributed by atoms with Crippen molar-refractivity contribution in [2.24, 2.45) is 0 Å². The monoisotopic (exact) mass is 380 g/mol. The quantitative estimate of drug-likeness (QED) is 0.676. The Morgan fingerprint density at radius 3 is 1.75 bits per heavy atom. The van der Waals surface area contributed by atoms with E-state index in [1.54, 1.807) is 0 Å². The van der Waals surface area contributed by atoms with Crippen LogP contribution in [0.4, 0.5) is 11.4 Å². The summed E-state index contributed by atoms with van der Waals surface area (Å²) in [6.07, 6.45) is 0.271. The number of hydrogen-bond acceptors (Lipinski definition) is 7. The Bertz CT molecular complexity index is 963. The van der Waals surface area contributed by atoms with Crippen LogP contribution in [-0.2, 0) is 9.59 Å². The third-order valence-corrected chi connectivity index (χ3v) is 4.10. The van der Waals surface area contributed by atoms with Gasteiger partial charge in [-0.25, -0.2) is 0 Å². The molecule has 2 aromatic carbocycles. The number of carboxylic acid groups (broad SMARTS) is 2. The molecule has 0 atom stereocenters. The summed E-state index contributed by atoms with van der Waals surface area (Å²) < 4.78 is 0. The summed E-state index contributed by atoms with van der Waals surface area (Å²) in [7, 11) is 0. The Morgan fingerprint density at radius 2 is 1.29 bits per heavy atom. The molecule has 0 aromatic heterocycles. The van der Waals surface area contributed by atoms with Gasteiger partial charge in [0.15, 0.2) is 0 Å². The molecule has 0 unspecified atom stereocenters. The first-order valence-electron chi connectivity index (χ1n) is 8.11. The molecule has 1 saturated heterocycles. The Morgan fingerprint density at radius 1 is 0.786 bits per heavy atom. The van der Waals surface area contributed by atoms with Crippen LogP contribution in [0.1, 0.15) is 43.9 Å². The number of imide groups is 1. The highest BCUT2D eigenvalue weighted by Crippen LogP contribution is 2.23. The summed E-state index contributed by atoms with van der Waals surface area (Å²) in [4.78, 5) is 58.9. The van der Waals surface area contributed by atoms with Crippen molar-refractivity contribution in [1.82, 2.24) is 0 Å². The van der Waals surface area contributed by atoms with Crippen molar-refractivity contribution in [3.63, 3.8) is 0 Å². The van der Waals surface area contributed by atoms with E-state index in [2.05, 4.69) is 5.32 Å². The largest absolute Gasteiger partial charge is 0.545 e. The molecule has 0 bridgehead atoms. The van der Waals surface area contributed by atoms with Crippen LogP contribution >= 0.6 is 0 Å². The predicted octanol–water partition coefficient (Wildman–Crippen LogP) is -0.681. The highest BCUT2D eigenvalue weighted by atomic mass is 16.4. The molecule has 142 valence electrons. The molecule has 3 rings (SSSR count). The van der Waals surface area contributed by atoms with Crippen molar-refractivity contribution in [3.05, 3.63) is 59.2 Å². The first-order valence-corrected chi connectivity index (χ1v) is 8.11. The molecule has 1 fully saturated rings. The van der Waals surface area contributed by atoms with E-state index >= 15 is 0 Å². The third kappa shape index (κ3) is 3.73. The van der Waals surface area contributed by atoms with E-state index < -0.39 is 29.0 Å². The van der Waals surface area contributed by atoms with Gasteiger partial charge in [0.05, 0.1) is 17.6 Å². The second kappa shape index (κ2) is 7.31. The lowest BCUT2D eigenvalue weighted by atomic mass is 10.1. The Balaban J connectivity index is 1.81. The van der Waals surface area contributed by atoms with Crippen LogP contribution < -0.4 is 20.4 Å². The molecule has 0 saturated carbocycles. The molecule has 2 aromatic rings.